The van der Waals surface area contributed by atoms with Crippen LogP contribution in [0.15, 0.2) is 41.6 Å². The van der Waals surface area contributed by atoms with E-state index in [1.165, 1.54) is 17.3 Å². The Morgan fingerprint density at radius 3 is 2.97 bits per heavy atom. The summed E-state index contributed by atoms with van der Waals surface area (Å²) in [4.78, 5) is 17.4. The second kappa shape index (κ2) is 10.2. The summed E-state index contributed by atoms with van der Waals surface area (Å²) in [6.45, 7) is 2.19. The molecule has 1 amide bonds. The Labute approximate surface area is 175 Å². The third-order valence-corrected chi connectivity index (χ3v) is 5.00. The lowest BCUT2D eigenvalue weighted by molar-refractivity contribution is -0.126. The fraction of sp³-hybridized carbons (Fsp3) is 0.364. The number of nitrogens with zero attached hydrogens (tertiary/aromatic N) is 1. The van der Waals surface area contributed by atoms with Crippen LogP contribution in [0.5, 0.6) is 11.5 Å². The zero-order valence-corrected chi connectivity index (χ0v) is 17.4. The van der Waals surface area contributed by atoms with Crippen LogP contribution in [0.25, 0.3) is 0 Å². The molecule has 0 heterocycles. The van der Waals surface area contributed by atoms with Gasteiger partial charge < -0.3 is 19.6 Å². The first kappa shape index (κ1) is 21.0. The minimum atomic E-state index is -0.203. The first-order valence-corrected chi connectivity index (χ1v) is 10.0. The Morgan fingerprint density at radius 1 is 1.34 bits per heavy atom. The molecule has 6 nitrogen and oxygen atoms in total. The summed E-state index contributed by atoms with van der Waals surface area (Å²) < 4.78 is 10.8. The second-order valence-electron chi connectivity index (χ2n) is 6.69. The van der Waals surface area contributed by atoms with E-state index in [1.54, 1.807) is 19.2 Å². The molecule has 3 rings (SSSR count). The van der Waals surface area contributed by atoms with E-state index in [9.17, 15) is 4.79 Å². The SMILES string of the molecule is CCOc1c(Cl)cc(/C=N\OCC(=O)N[C@H]2CCCc3ccccc32)cc1OC. The molecule has 1 atom stereocenters. The van der Waals surface area contributed by atoms with E-state index < -0.39 is 0 Å². The van der Waals surface area contributed by atoms with Crippen molar-refractivity contribution >= 4 is 23.7 Å². The average molecular weight is 417 g/mol. The fourth-order valence-electron chi connectivity index (χ4n) is 3.43. The summed E-state index contributed by atoms with van der Waals surface area (Å²) in [5.41, 5.74) is 3.16. The summed E-state index contributed by atoms with van der Waals surface area (Å²) in [5.74, 6) is 0.794. The van der Waals surface area contributed by atoms with E-state index in [-0.39, 0.29) is 18.6 Å². The van der Waals surface area contributed by atoms with Gasteiger partial charge in [-0.25, -0.2) is 0 Å². The highest BCUT2D eigenvalue weighted by Gasteiger charge is 2.21. The Morgan fingerprint density at radius 2 is 2.17 bits per heavy atom. The largest absolute Gasteiger partial charge is 0.493 e. The highest BCUT2D eigenvalue weighted by molar-refractivity contribution is 6.32. The number of hydrogen-bond acceptors (Lipinski definition) is 5. The second-order valence-corrected chi connectivity index (χ2v) is 7.09. The van der Waals surface area contributed by atoms with Crippen molar-refractivity contribution in [3.05, 3.63) is 58.1 Å². The van der Waals surface area contributed by atoms with Crippen LogP contribution in [0.2, 0.25) is 5.02 Å². The lowest BCUT2D eigenvalue weighted by atomic mass is 9.88. The summed E-state index contributed by atoms with van der Waals surface area (Å²) in [6.07, 6.45) is 4.52. The number of carbonyl (C=O) groups excluding carboxylic acids is 1. The third-order valence-electron chi connectivity index (χ3n) is 4.72. The molecule has 0 aromatic heterocycles. The number of fused-ring (bicyclic) bond motifs is 1. The van der Waals surface area contributed by atoms with Crippen molar-refractivity contribution in [3.8, 4) is 11.5 Å². The van der Waals surface area contributed by atoms with Crippen LogP contribution in [0, 0.1) is 0 Å². The molecular weight excluding hydrogens is 392 g/mol. The van der Waals surface area contributed by atoms with Gasteiger partial charge in [0.2, 0.25) is 0 Å². The van der Waals surface area contributed by atoms with Crippen LogP contribution < -0.4 is 14.8 Å². The standard InChI is InChI=1S/C22H25ClN2O4/c1-3-28-22-18(23)11-15(12-20(22)27-2)13-24-29-14-21(26)25-19-10-6-8-16-7-4-5-9-17(16)19/h4-5,7,9,11-13,19H,3,6,8,10,14H2,1-2H3,(H,25,26)/b24-13-/t19-/m0/s1. The molecule has 0 fully saturated rings. The number of amides is 1. The van der Waals surface area contributed by atoms with Gasteiger partial charge in [0.1, 0.15) is 0 Å². The van der Waals surface area contributed by atoms with Crippen molar-refractivity contribution in [1.29, 1.82) is 0 Å². The molecule has 154 valence electrons. The minimum absolute atomic E-state index is 0.0224. The number of rotatable bonds is 8. The zero-order chi connectivity index (χ0) is 20.6. The van der Waals surface area contributed by atoms with Gasteiger partial charge in [-0.05, 0) is 49.4 Å². The van der Waals surface area contributed by atoms with Crippen molar-refractivity contribution in [2.75, 3.05) is 20.3 Å². The number of methoxy groups -OCH3 is 1. The van der Waals surface area contributed by atoms with Crippen LogP contribution in [0.4, 0.5) is 0 Å². The minimum Gasteiger partial charge on any atom is -0.493 e. The van der Waals surface area contributed by atoms with Gasteiger partial charge in [-0.2, -0.15) is 0 Å². The van der Waals surface area contributed by atoms with E-state index in [2.05, 4.69) is 22.6 Å². The van der Waals surface area contributed by atoms with Crippen molar-refractivity contribution in [1.82, 2.24) is 5.32 Å². The molecular formula is C22H25ClN2O4. The van der Waals surface area contributed by atoms with Gasteiger partial charge >= 0.3 is 0 Å². The summed E-state index contributed by atoms with van der Waals surface area (Å²) >= 11 is 6.23. The van der Waals surface area contributed by atoms with Gasteiger partial charge in [0.25, 0.3) is 5.91 Å². The zero-order valence-electron chi connectivity index (χ0n) is 16.6. The molecule has 1 aliphatic carbocycles. The molecule has 0 unspecified atom stereocenters. The molecule has 0 radical (unpaired) electrons. The molecule has 2 aromatic carbocycles. The maximum absolute atomic E-state index is 12.2. The van der Waals surface area contributed by atoms with Crippen molar-refractivity contribution < 1.29 is 19.1 Å². The van der Waals surface area contributed by atoms with E-state index in [1.807, 2.05) is 19.1 Å². The first-order chi connectivity index (χ1) is 14.1. The van der Waals surface area contributed by atoms with Crippen LogP contribution in [-0.2, 0) is 16.1 Å². The van der Waals surface area contributed by atoms with Crippen LogP contribution >= 0.6 is 11.6 Å². The Kier molecular flexibility index (Phi) is 7.36. The normalized spacial score (nSPS) is 15.6. The summed E-state index contributed by atoms with van der Waals surface area (Å²) in [7, 11) is 1.54. The van der Waals surface area contributed by atoms with Crippen molar-refractivity contribution in [2.45, 2.75) is 32.2 Å². The van der Waals surface area contributed by atoms with Crippen molar-refractivity contribution in [3.63, 3.8) is 0 Å². The number of carbonyl (C=O) groups is 1. The molecule has 0 spiro atoms. The molecule has 0 bridgehead atoms. The smallest absolute Gasteiger partial charge is 0.261 e. The molecule has 7 heteroatoms. The number of oxime groups is 1. The van der Waals surface area contributed by atoms with E-state index in [4.69, 9.17) is 25.9 Å². The number of aryl methyl sites for hydroxylation is 1. The predicted molar refractivity (Wildman–Crippen MR) is 113 cm³/mol. The Hall–Kier alpha value is -2.73. The number of hydrogen-bond donors (Lipinski definition) is 1. The third kappa shape index (κ3) is 5.41. The lowest BCUT2D eigenvalue weighted by Crippen LogP contribution is -2.33. The number of benzene rings is 2. The van der Waals surface area contributed by atoms with Crippen LogP contribution in [0.1, 0.15) is 42.5 Å². The number of halogens is 1. The van der Waals surface area contributed by atoms with Crippen molar-refractivity contribution in [2.24, 2.45) is 5.16 Å². The van der Waals surface area contributed by atoms with Gasteiger partial charge in [-0.3, -0.25) is 4.79 Å². The quantitative estimate of drug-likeness (QED) is 0.514. The topological polar surface area (TPSA) is 69.2 Å². The van der Waals surface area contributed by atoms with Gasteiger partial charge in [0, 0.05) is 5.56 Å². The summed E-state index contributed by atoms with van der Waals surface area (Å²) in [5, 5.41) is 7.32. The van der Waals surface area contributed by atoms with Gasteiger partial charge in [0.05, 0.1) is 31.0 Å². The maximum atomic E-state index is 12.2. The van der Waals surface area contributed by atoms with Gasteiger partial charge in [0.15, 0.2) is 18.1 Å². The molecule has 2 aromatic rings. The Bertz CT molecular complexity index is 885. The highest BCUT2D eigenvalue weighted by atomic mass is 35.5. The van der Waals surface area contributed by atoms with E-state index in [0.29, 0.717) is 28.7 Å². The fourth-order valence-corrected chi connectivity index (χ4v) is 3.71. The van der Waals surface area contributed by atoms with Crippen LogP contribution in [0.3, 0.4) is 0 Å². The highest BCUT2D eigenvalue weighted by Crippen LogP contribution is 2.36. The summed E-state index contributed by atoms with van der Waals surface area (Å²) in [6, 6.07) is 11.7. The van der Waals surface area contributed by atoms with Crippen LogP contribution in [-0.4, -0.2) is 32.4 Å². The van der Waals surface area contributed by atoms with E-state index >= 15 is 0 Å². The lowest BCUT2D eigenvalue weighted by Gasteiger charge is -2.26. The maximum Gasteiger partial charge on any atom is 0.261 e. The van der Waals surface area contributed by atoms with Gasteiger partial charge in [-0.15, -0.1) is 0 Å². The molecule has 1 N–H and O–H groups in total. The Balaban J connectivity index is 1.54. The number of nitrogens with one attached hydrogen (secondary N) is 1. The molecule has 0 saturated carbocycles. The average Bonchev–Trinajstić information content (AvgIpc) is 2.73. The number of ether oxygens (including phenoxy) is 2. The molecule has 0 saturated heterocycles. The van der Waals surface area contributed by atoms with E-state index in [0.717, 1.165) is 19.3 Å². The molecule has 1 aliphatic rings. The molecule has 29 heavy (non-hydrogen) atoms. The monoisotopic (exact) mass is 416 g/mol. The molecule has 0 aliphatic heterocycles. The first-order valence-electron chi connectivity index (χ1n) is 9.65. The predicted octanol–water partition coefficient (Wildman–Crippen LogP) is 4.29. The van der Waals surface area contributed by atoms with Gasteiger partial charge in [-0.1, -0.05) is 41.0 Å².